The third-order valence-corrected chi connectivity index (χ3v) is 6.80. The second-order valence-corrected chi connectivity index (χ2v) is 9.06. The predicted molar refractivity (Wildman–Crippen MR) is 115 cm³/mol. The number of halogens is 4. The molecule has 7 nitrogen and oxygen atoms in total. The van der Waals surface area contributed by atoms with Crippen LogP contribution in [0.15, 0.2) is 42.5 Å². The summed E-state index contributed by atoms with van der Waals surface area (Å²) in [4.78, 5) is 28.6. The van der Waals surface area contributed by atoms with Crippen LogP contribution in [0.2, 0.25) is 0 Å². The van der Waals surface area contributed by atoms with Crippen molar-refractivity contribution in [2.24, 2.45) is 0 Å². The highest BCUT2D eigenvalue weighted by molar-refractivity contribution is 5.93. The number of carbonyl (C=O) groups is 2. The van der Waals surface area contributed by atoms with Crippen molar-refractivity contribution in [3.05, 3.63) is 65.0 Å². The number of nitrogens with zero attached hydrogens (tertiary/aromatic N) is 2. The van der Waals surface area contributed by atoms with Crippen molar-refractivity contribution in [2.75, 3.05) is 12.3 Å². The van der Waals surface area contributed by atoms with E-state index >= 15 is 0 Å². The Labute approximate surface area is 198 Å². The summed E-state index contributed by atoms with van der Waals surface area (Å²) in [5, 5.41) is 0. The van der Waals surface area contributed by atoms with E-state index in [2.05, 4.69) is 0 Å². The summed E-state index contributed by atoms with van der Waals surface area (Å²) in [6.45, 7) is -0.143. The Morgan fingerprint density at radius 3 is 2.66 bits per heavy atom. The predicted octanol–water partition coefficient (Wildman–Crippen LogP) is 3.07. The normalized spacial score (nSPS) is 25.9. The van der Waals surface area contributed by atoms with Crippen molar-refractivity contribution in [1.29, 1.82) is 0 Å². The van der Waals surface area contributed by atoms with Gasteiger partial charge in [0.2, 0.25) is 12.2 Å². The molecule has 2 fully saturated rings. The first-order chi connectivity index (χ1) is 16.5. The van der Waals surface area contributed by atoms with Gasteiger partial charge >= 0.3 is 6.18 Å². The fraction of sp³-hybridized carbons (Fsp3) is 0.417. The zero-order valence-electron chi connectivity index (χ0n) is 18.7. The fourth-order valence-corrected chi connectivity index (χ4v) is 4.80. The van der Waals surface area contributed by atoms with E-state index in [1.165, 1.54) is 12.1 Å². The molecule has 0 saturated carbocycles. The molecular weight excluding hydrogens is 470 g/mol. The first kappa shape index (κ1) is 23.6. The van der Waals surface area contributed by atoms with Crippen molar-refractivity contribution in [3.8, 4) is 0 Å². The Morgan fingerprint density at radius 2 is 1.97 bits per heavy atom. The number of morpholine rings is 1. The average Bonchev–Trinajstić information content (AvgIpc) is 3.48. The van der Waals surface area contributed by atoms with Crippen molar-refractivity contribution in [3.63, 3.8) is 0 Å². The van der Waals surface area contributed by atoms with Gasteiger partial charge in [0.05, 0.1) is 0 Å². The Morgan fingerprint density at radius 1 is 1.26 bits per heavy atom. The zero-order valence-corrected chi connectivity index (χ0v) is 18.7. The van der Waals surface area contributed by atoms with Crippen LogP contribution < -0.4 is 5.73 Å². The maximum Gasteiger partial charge on any atom is 0.408 e. The largest absolute Gasteiger partial charge is 0.408 e. The monoisotopic (exact) mass is 493 g/mol. The summed E-state index contributed by atoms with van der Waals surface area (Å²) in [7, 11) is 0. The summed E-state index contributed by atoms with van der Waals surface area (Å²) in [5.74, 6) is -1.99. The Bertz CT molecular complexity index is 1170. The van der Waals surface area contributed by atoms with Crippen LogP contribution in [-0.2, 0) is 37.6 Å². The van der Waals surface area contributed by atoms with E-state index in [0.29, 0.717) is 34.6 Å². The summed E-state index contributed by atoms with van der Waals surface area (Å²) in [6, 6.07) is 7.82. The quantitative estimate of drug-likeness (QED) is 0.393. The molecule has 0 bridgehead atoms. The van der Waals surface area contributed by atoms with Gasteiger partial charge in [0.25, 0.3) is 5.91 Å². The van der Waals surface area contributed by atoms with Crippen LogP contribution in [0.4, 0.5) is 23.2 Å². The number of fused-ring (bicyclic) bond motifs is 3. The molecule has 35 heavy (non-hydrogen) atoms. The minimum atomic E-state index is -4.70. The number of benzene rings is 2. The lowest BCUT2D eigenvalue weighted by Crippen LogP contribution is -2.57. The zero-order chi connectivity index (χ0) is 25.1. The van der Waals surface area contributed by atoms with Crippen molar-refractivity contribution < 1.29 is 36.6 Å². The minimum Gasteiger partial charge on any atom is -0.399 e. The van der Waals surface area contributed by atoms with E-state index in [9.17, 15) is 27.2 Å². The number of epoxide rings is 1. The van der Waals surface area contributed by atoms with Crippen LogP contribution in [0.1, 0.15) is 30.0 Å². The summed E-state index contributed by atoms with van der Waals surface area (Å²) in [5.41, 5.74) is 6.80. The van der Waals surface area contributed by atoms with Crippen LogP contribution in [0.5, 0.6) is 0 Å². The number of carbonyl (C=O) groups excluding carboxylic acids is 2. The molecule has 4 atom stereocenters. The first-order valence-corrected chi connectivity index (χ1v) is 11.1. The Kier molecular flexibility index (Phi) is 5.52. The van der Waals surface area contributed by atoms with Crippen LogP contribution in [0, 0.1) is 5.82 Å². The lowest BCUT2D eigenvalue weighted by atomic mass is 9.92. The minimum absolute atomic E-state index is 0.306. The van der Waals surface area contributed by atoms with Gasteiger partial charge in [-0.3, -0.25) is 9.59 Å². The van der Waals surface area contributed by atoms with Crippen LogP contribution in [0.3, 0.4) is 0 Å². The number of amides is 2. The summed E-state index contributed by atoms with van der Waals surface area (Å²) < 4.78 is 65.5. The van der Waals surface area contributed by atoms with Crippen molar-refractivity contribution in [1.82, 2.24) is 9.80 Å². The lowest BCUT2D eigenvalue weighted by Gasteiger charge is -2.38. The highest BCUT2D eigenvalue weighted by Gasteiger charge is 2.64. The molecule has 5 rings (SSSR count). The van der Waals surface area contributed by atoms with E-state index in [-0.39, 0.29) is 0 Å². The number of alkyl halides is 3. The third kappa shape index (κ3) is 4.12. The molecule has 2 amide bonds. The van der Waals surface area contributed by atoms with Crippen molar-refractivity contribution >= 4 is 17.5 Å². The molecule has 0 radical (unpaired) electrons. The Balaban J connectivity index is 1.41. The summed E-state index contributed by atoms with van der Waals surface area (Å²) in [6.07, 6.45) is -5.49. The second-order valence-electron chi connectivity index (χ2n) is 9.06. The second kappa shape index (κ2) is 8.20. The van der Waals surface area contributed by atoms with Crippen LogP contribution in [0.25, 0.3) is 0 Å². The van der Waals surface area contributed by atoms with Gasteiger partial charge in [0.15, 0.2) is 11.8 Å². The number of ether oxygens (including phenoxy) is 2. The fourth-order valence-electron chi connectivity index (χ4n) is 4.80. The van der Waals surface area contributed by atoms with Crippen LogP contribution >= 0.6 is 0 Å². The van der Waals surface area contributed by atoms with Gasteiger partial charge in [-0.25, -0.2) is 4.39 Å². The van der Waals surface area contributed by atoms with Gasteiger partial charge < -0.3 is 25.0 Å². The number of anilines is 1. The van der Waals surface area contributed by atoms with E-state index in [4.69, 9.17) is 15.2 Å². The number of nitrogens with two attached hydrogens (primary N) is 1. The molecule has 1 spiro atoms. The van der Waals surface area contributed by atoms with E-state index in [1.54, 1.807) is 18.2 Å². The van der Waals surface area contributed by atoms with Gasteiger partial charge in [-0.05, 0) is 60.7 Å². The lowest BCUT2D eigenvalue weighted by molar-refractivity contribution is -0.190. The molecule has 186 valence electrons. The molecule has 0 aromatic heterocycles. The van der Waals surface area contributed by atoms with E-state index in [0.717, 1.165) is 29.5 Å². The molecule has 2 N–H and O–H groups in total. The molecule has 1 aliphatic carbocycles. The molecule has 2 unspecified atom stereocenters. The average molecular weight is 493 g/mol. The maximum atomic E-state index is 13.6. The van der Waals surface area contributed by atoms with E-state index in [1.807, 2.05) is 0 Å². The Hall–Kier alpha value is -3.18. The standard InChI is InChI=1S/C24H23F4N3O4/c1-13(24(26,27)28)30(11-14-2-4-16(25)5-3-14)19(32)12-31-20-21(34-20)35-23(22(31)33)9-8-15-10-17(29)6-7-18(15)23/h2-7,10,13,20-21H,8-9,11-12,29H2,1H3/t13-,20?,21?,23+/m0/s1. The van der Waals surface area contributed by atoms with Gasteiger partial charge in [0, 0.05) is 12.2 Å². The molecule has 2 aromatic rings. The molecule has 11 heteroatoms. The molecule has 3 aliphatic rings. The van der Waals surface area contributed by atoms with Gasteiger partial charge in [-0.2, -0.15) is 13.2 Å². The summed E-state index contributed by atoms with van der Waals surface area (Å²) >= 11 is 0. The maximum absolute atomic E-state index is 13.6. The van der Waals surface area contributed by atoms with Gasteiger partial charge in [-0.15, -0.1) is 0 Å². The topological polar surface area (TPSA) is 88.4 Å². The third-order valence-electron chi connectivity index (χ3n) is 6.80. The molecule has 2 heterocycles. The first-order valence-electron chi connectivity index (χ1n) is 11.1. The SMILES string of the molecule is C[C@H](N(Cc1ccc(F)cc1)C(=O)CN1C(=O)[C@]2(CCc3cc(N)ccc32)OC2OC21)C(F)(F)F. The van der Waals surface area contributed by atoms with Crippen molar-refractivity contribution in [2.45, 2.75) is 56.6 Å². The molecule has 2 aromatic carbocycles. The number of aryl methyl sites for hydroxylation is 1. The highest BCUT2D eigenvalue weighted by atomic mass is 19.4. The molecule has 2 saturated heterocycles. The number of hydrogen-bond donors (Lipinski definition) is 1. The van der Waals surface area contributed by atoms with Crippen LogP contribution in [-0.4, -0.2) is 52.9 Å². The smallest absolute Gasteiger partial charge is 0.399 e. The molecule has 2 aliphatic heterocycles. The van der Waals surface area contributed by atoms with E-state index < -0.39 is 61.1 Å². The number of nitrogen functional groups attached to an aromatic ring is 1. The molecular formula is C24H23F4N3O4. The van der Waals surface area contributed by atoms with Gasteiger partial charge in [0.1, 0.15) is 18.4 Å². The number of hydrogen-bond acceptors (Lipinski definition) is 5. The van der Waals surface area contributed by atoms with Gasteiger partial charge in [-0.1, -0.05) is 18.2 Å². The number of rotatable bonds is 5. The highest BCUT2D eigenvalue weighted by Crippen LogP contribution is 2.50.